The SMILES string of the molecule is NC1(Cl)CC1Cl. The summed E-state index contributed by atoms with van der Waals surface area (Å²) in [7, 11) is 0. The molecule has 0 aromatic carbocycles. The maximum absolute atomic E-state index is 5.44. The van der Waals surface area contributed by atoms with E-state index in [1.165, 1.54) is 0 Å². The average Bonchev–Trinajstić information content (AvgIpc) is 1.73. The minimum Gasteiger partial charge on any atom is -0.311 e. The molecule has 0 bridgehead atoms. The van der Waals surface area contributed by atoms with Crippen molar-refractivity contribution < 1.29 is 0 Å². The van der Waals surface area contributed by atoms with Gasteiger partial charge in [0.05, 0.1) is 5.38 Å². The van der Waals surface area contributed by atoms with Gasteiger partial charge in [-0.05, 0) is 0 Å². The minimum absolute atomic E-state index is 0.0131. The van der Waals surface area contributed by atoms with E-state index in [2.05, 4.69) is 0 Å². The van der Waals surface area contributed by atoms with Gasteiger partial charge in [-0.2, -0.15) is 0 Å². The molecular weight excluding hydrogens is 121 g/mol. The molecular formula is C3H5Cl2N. The van der Waals surface area contributed by atoms with Crippen molar-refractivity contribution in [1.82, 2.24) is 0 Å². The summed E-state index contributed by atoms with van der Waals surface area (Å²) in [6.07, 6.45) is 0.746. The molecule has 2 unspecified atom stereocenters. The van der Waals surface area contributed by atoms with Crippen molar-refractivity contribution >= 4 is 23.2 Å². The molecule has 0 aromatic rings. The lowest BCUT2D eigenvalue weighted by atomic mass is 10.8. The van der Waals surface area contributed by atoms with Crippen LogP contribution in [0.2, 0.25) is 0 Å². The summed E-state index contributed by atoms with van der Waals surface area (Å²) >= 11 is 10.9. The van der Waals surface area contributed by atoms with Gasteiger partial charge in [0.1, 0.15) is 5.00 Å². The van der Waals surface area contributed by atoms with E-state index in [4.69, 9.17) is 28.9 Å². The monoisotopic (exact) mass is 125 g/mol. The Morgan fingerprint density at radius 3 is 2.00 bits per heavy atom. The molecule has 0 aliphatic heterocycles. The zero-order valence-electron chi connectivity index (χ0n) is 3.12. The molecule has 0 spiro atoms. The third-order valence-electron chi connectivity index (χ3n) is 0.853. The van der Waals surface area contributed by atoms with Crippen LogP contribution < -0.4 is 5.73 Å². The highest BCUT2D eigenvalue weighted by Crippen LogP contribution is 2.41. The van der Waals surface area contributed by atoms with Crippen LogP contribution in [0.4, 0.5) is 0 Å². The molecule has 1 aliphatic carbocycles. The normalized spacial score (nSPS) is 55.5. The van der Waals surface area contributed by atoms with E-state index >= 15 is 0 Å². The average molecular weight is 126 g/mol. The topological polar surface area (TPSA) is 26.0 Å². The van der Waals surface area contributed by atoms with Crippen LogP contribution in [-0.2, 0) is 0 Å². The van der Waals surface area contributed by atoms with E-state index in [0.29, 0.717) is 0 Å². The Labute approximate surface area is 46.4 Å². The second-order valence-electron chi connectivity index (χ2n) is 1.60. The lowest BCUT2D eigenvalue weighted by molar-refractivity contribution is 0.969. The van der Waals surface area contributed by atoms with Gasteiger partial charge in [0.2, 0.25) is 0 Å². The first-order chi connectivity index (χ1) is 2.63. The van der Waals surface area contributed by atoms with E-state index in [0.717, 1.165) is 6.42 Å². The van der Waals surface area contributed by atoms with Crippen LogP contribution in [0.3, 0.4) is 0 Å². The number of nitrogens with two attached hydrogens (primary N) is 1. The van der Waals surface area contributed by atoms with Crippen LogP contribution in [0.25, 0.3) is 0 Å². The molecule has 1 saturated carbocycles. The zero-order chi connectivity index (χ0) is 4.78. The largest absolute Gasteiger partial charge is 0.311 e. The summed E-state index contributed by atoms with van der Waals surface area (Å²) in [6.45, 7) is 0. The van der Waals surface area contributed by atoms with E-state index < -0.39 is 5.00 Å². The second-order valence-corrected chi connectivity index (χ2v) is 2.83. The fourth-order valence-electron chi connectivity index (χ4n) is 0.216. The third-order valence-corrected chi connectivity index (χ3v) is 1.93. The van der Waals surface area contributed by atoms with Gasteiger partial charge in [-0.15, -0.1) is 23.2 Å². The summed E-state index contributed by atoms with van der Waals surface area (Å²) in [5.41, 5.74) is 5.24. The second kappa shape index (κ2) is 1.03. The number of alkyl halides is 2. The third kappa shape index (κ3) is 0.625. The van der Waals surface area contributed by atoms with E-state index in [1.54, 1.807) is 0 Å². The van der Waals surface area contributed by atoms with Crippen molar-refractivity contribution in [2.45, 2.75) is 16.8 Å². The molecule has 2 N–H and O–H groups in total. The van der Waals surface area contributed by atoms with Gasteiger partial charge in [-0.1, -0.05) is 0 Å². The Bertz CT molecular complexity index is 71.2. The lowest BCUT2D eigenvalue weighted by Crippen LogP contribution is -2.15. The van der Waals surface area contributed by atoms with E-state index in [1.807, 2.05) is 0 Å². The Kier molecular flexibility index (Phi) is 0.804. The Morgan fingerprint density at radius 2 is 2.00 bits per heavy atom. The van der Waals surface area contributed by atoms with Crippen LogP contribution in [-0.4, -0.2) is 10.4 Å². The number of hydrogen-bond donors (Lipinski definition) is 1. The van der Waals surface area contributed by atoms with Crippen molar-refractivity contribution in [3.63, 3.8) is 0 Å². The summed E-state index contributed by atoms with van der Waals surface area (Å²) in [5.74, 6) is 0. The Balaban J connectivity index is 2.41. The van der Waals surface area contributed by atoms with Crippen molar-refractivity contribution in [3.05, 3.63) is 0 Å². The minimum atomic E-state index is -0.554. The summed E-state index contributed by atoms with van der Waals surface area (Å²) < 4.78 is 0. The molecule has 1 rings (SSSR count). The molecule has 2 atom stereocenters. The van der Waals surface area contributed by atoms with Crippen molar-refractivity contribution in [1.29, 1.82) is 0 Å². The highest BCUT2D eigenvalue weighted by Gasteiger charge is 2.48. The molecule has 1 aliphatic rings. The first-order valence-electron chi connectivity index (χ1n) is 1.75. The first-order valence-corrected chi connectivity index (χ1v) is 2.56. The molecule has 6 heavy (non-hydrogen) atoms. The lowest BCUT2D eigenvalue weighted by Gasteiger charge is -1.88. The summed E-state index contributed by atoms with van der Waals surface area (Å²) in [4.78, 5) is -0.554. The van der Waals surface area contributed by atoms with Gasteiger partial charge in [-0.3, -0.25) is 0 Å². The van der Waals surface area contributed by atoms with Crippen LogP contribution in [0.15, 0.2) is 0 Å². The summed E-state index contributed by atoms with van der Waals surface area (Å²) in [5, 5.41) is 0.0131. The molecule has 0 radical (unpaired) electrons. The highest BCUT2D eigenvalue weighted by molar-refractivity contribution is 6.36. The van der Waals surface area contributed by atoms with Crippen molar-refractivity contribution in [2.24, 2.45) is 5.73 Å². The van der Waals surface area contributed by atoms with Gasteiger partial charge in [0, 0.05) is 6.42 Å². The van der Waals surface area contributed by atoms with Crippen LogP contribution in [0, 0.1) is 0 Å². The molecule has 36 valence electrons. The molecule has 0 saturated heterocycles. The van der Waals surface area contributed by atoms with Crippen molar-refractivity contribution in [2.75, 3.05) is 0 Å². The standard InChI is InChI=1S/C3H5Cl2N/c4-2-1-3(2,5)6/h2H,1,6H2. The summed E-state index contributed by atoms with van der Waals surface area (Å²) in [6, 6.07) is 0. The molecule has 1 fully saturated rings. The van der Waals surface area contributed by atoms with Crippen LogP contribution >= 0.6 is 23.2 Å². The number of halogens is 2. The fourth-order valence-corrected chi connectivity index (χ4v) is 0.704. The van der Waals surface area contributed by atoms with E-state index in [9.17, 15) is 0 Å². The predicted molar refractivity (Wildman–Crippen MR) is 27.0 cm³/mol. The molecule has 1 nitrogen and oxygen atoms in total. The molecule has 0 amide bonds. The maximum Gasteiger partial charge on any atom is 0.109 e. The van der Waals surface area contributed by atoms with Gasteiger partial charge in [0.15, 0.2) is 0 Å². The highest BCUT2D eigenvalue weighted by atomic mass is 35.5. The van der Waals surface area contributed by atoms with Gasteiger partial charge in [-0.25, -0.2) is 0 Å². The molecule has 3 heteroatoms. The number of hydrogen-bond acceptors (Lipinski definition) is 1. The number of rotatable bonds is 0. The van der Waals surface area contributed by atoms with Gasteiger partial charge < -0.3 is 5.73 Å². The van der Waals surface area contributed by atoms with Gasteiger partial charge in [0.25, 0.3) is 0 Å². The smallest absolute Gasteiger partial charge is 0.109 e. The fraction of sp³-hybridized carbons (Fsp3) is 1.00. The molecule has 0 heterocycles. The quantitative estimate of drug-likeness (QED) is 0.378. The molecule has 0 aromatic heterocycles. The predicted octanol–water partition coefficient (Wildman–Crippen LogP) is 0.891. The van der Waals surface area contributed by atoms with Crippen LogP contribution in [0.1, 0.15) is 6.42 Å². The van der Waals surface area contributed by atoms with Crippen molar-refractivity contribution in [3.8, 4) is 0 Å². The Morgan fingerprint density at radius 1 is 1.83 bits per heavy atom. The van der Waals surface area contributed by atoms with E-state index in [-0.39, 0.29) is 5.38 Å². The maximum atomic E-state index is 5.44. The van der Waals surface area contributed by atoms with Crippen LogP contribution in [0.5, 0.6) is 0 Å². The Hall–Kier alpha value is 0.540. The van der Waals surface area contributed by atoms with Gasteiger partial charge >= 0.3 is 0 Å². The first kappa shape index (κ1) is 4.69. The zero-order valence-corrected chi connectivity index (χ0v) is 4.63.